The predicted octanol–water partition coefficient (Wildman–Crippen LogP) is -1.37. The molecule has 1 unspecified atom stereocenters. The minimum absolute atomic E-state index is 0.159. The van der Waals surface area contributed by atoms with Gasteiger partial charge in [0.25, 0.3) is 0 Å². The molecule has 2 atom stereocenters. The lowest BCUT2D eigenvalue weighted by Crippen LogP contribution is -2.41. The number of rotatable bonds is 1. The minimum Gasteiger partial charge on any atom is -0.480 e. The fourth-order valence-electron chi connectivity index (χ4n) is 0.837. The first-order chi connectivity index (χ1) is 5.61. The van der Waals surface area contributed by atoms with E-state index in [1.165, 1.54) is 11.8 Å². The summed E-state index contributed by atoms with van der Waals surface area (Å²) in [6.45, 7) is 0.159. The van der Waals surface area contributed by atoms with Crippen LogP contribution in [0.25, 0.3) is 0 Å². The Morgan fingerprint density at radius 3 is 3.00 bits per heavy atom. The maximum absolute atomic E-state index is 10.9. The highest BCUT2D eigenvalue weighted by molar-refractivity contribution is 8.00. The Labute approximate surface area is 73.7 Å². The molecular formula is C6H10N2O3S. The van der Waals surface area contributed by atoms with Crippen LogP contribution in [0.4, 0.5) is 0 Å². The van der Waals surface area contributed by atoms with E-state index in [1.54, 1.807) is 0 Å². The van der Waals surface area contributed by atoms with E-state index in [0.717, 1.165) is 0 Å². The number of hydrogen-bond acceptors (Lipinski definition) is 4. The third-order valence-corrected chi connectivity index (χ3v) is 2.87. The highest BCUT2D eigenvalue weighted by atomic mass is 32.2. The van der Waals surface area contributed by atoms with E-state index in [2.05, 4.69) is 5.32 Å². The molecule has 4 N–H and O–H groups in total. The van der Waals surface area contributed by atoms with Crippen LogP contribution >= 0.6 is 11.8 Å². The van der Waals surface area contributed by atoms with Gasteiger partial charge in [0, 0.05) is 12.3 Å². The van der Waals surface area contributed by atoms with Crippen molar-refractivity contribution in [2.24, 2.45) is 5.73 Å². The molecule has 0 saturated carbocycles. The van der Waals surface area contributed by atoms with Gasteiger partial charge in [-0.3, -0.25) is 9.59 Å². The van der Waals surface area contributed by atoms with Gasteiger partial charge in [0.15, 0.2) is 0 Å². The largest absolute Gasteiger partial charge is 0.480 e. The van der Waals surface area contributed by atoms with Crippen molar-refractivity contribution in [3.8, 4) is 0 Å². The number of carboxylic acids is 1. The summed E-state index contributed by atoms with van der Waals surface area (Å²) in [5.74, 6) is -0.816. The normalized spacial score (nSPS) is 30.6. The van der Waals surface area contributed by atoms with Gasteiger partial charge in [-0.1, -0.05) is 0 Å². The summed E-state index contributed by atoms with van der Waals surface area (Å²) in [6.07, 6.45) is 0. The average molecular weight is 190 g/mol. The number of carboxylic acid groups (broad SMARTS) is 1. The van der Waals surface area contributed by atoms with Crippen LogP contribution in [0, 0.1) is 0 Å². The number of amides is 1. The van der Waals surface area contributed by atoms with E-state index < -0.39 is 17.3 Å². The second-order valence-electron chi connectivity index (χ2n) is 2.51. The van der Waals surface area contributed by atoms with Crippen LogP contribution in [0.3, 0.4) is 0 Å². The predicted molar refractivity (Wildman–Crippen MR) is 44.9 cm³/mol. The maximum atomic E-state index is 10.9. The van der Waals surface area contributed by atoms with Crippen LogP contribution in [-0.2, 0) is 9.59 Å². The first kappa shape index (κ1) is 9.34. The molecule has 6 heteroatoms. The quantitative estimate of drug-likeness (QED) is 0.474. The van der Waals surface area contributed by atoms with Crippen molar-refractivity contribution in [1.29, 1.82) is 0 Å². The third-order valence-electron chi connectivity index (χ3n) is 1.55. The molecule has 0 aromatic carbocycles. The topological polar surface area (TPSA) is 92.4 Å². The zero-order chi connectivity index (χ0) is 9.14. The highest BCUT2D eigenvalue weighted by Crippen LogP contribution is 2.14. The standard InChI is InChI=1S/C6H10N2O3S/c7-3-2-12-4(6(10)11)1-8-5(3)9/h3-4H,1-2,7H2,(H,8,9)(H,10,11)/t3-,4?/m0/s1. The lowest BCUT2D eigenvalue weighted by molar-refractivity contribution is -0.136. The molecule has 1 aliphatic rings. The Kier molecular flexibility index (Phi) is 2.93. The van der Waals surface area contributed by atoms with Crippen LogP contribution < -0.4 is 11.1 Å². The fraction of sp³-hybridized carbons (Fsp3) is 0.667. The van der Waals surface area contributed by atoms with Crippen molar-refractivity contribution in [1.82, 2.24) is 5.32 Å². The molecule has 0 aliphatic carbocycles. The number of nitrogens with one attached hydrogen (secondary N) is 1. The van der Waals surface area contributed by atoms with E-state index in [1.807, 2.05) is 0 Å². The zero-order valence-corrected chi connectivity index (χ0v) is 7.13. The highest BCUT2D eigenvalue weighted by Gasteiger charge is 2.26. The van der Waals surface area contributed by atoms with E-state index in [0.29, 0.717) is 5.75 Å². The summed E-state index contributed by atoms with van der Waals surface area (Å²) in [5.41, 5.74) is 5.41. The molecule has 0 radical (unpaired) electrons. The number of aliphatic carboxylic acids is 1. The minimum atomic E-state index is -0.908. The number of carbonyl (C=O) groups excluding carboxylic acids is 1. The SMILES string of the molecule is N[C@H]1CSC(C(=O)O)CNC1=O. The van der Waals surface area contributed by atoms with Crippen molar-refractivity contribution >= 4 is 23.6 Å². The van der Waals surface area contributed by atoms with Gasteiger partial charge in [0.1, 0.15) is 5.25 Å². The zero-order valence-electron chi connectivity index (χ0n) is 6.32. The second-order valence-corrected chi connectivity index (χ2v) is 3.75. The Balaban J connectivity index is 2.55. The smallest absolute Gasteiger partial charge is 0.318 e. The van der Waals surface area contributed by atoms with Crippen LogP contribution in [0.5, 0.6) is 0 Å². The number of carbonyl (C=O) groups is 2. The molecule has 0 aromatic rings. The third kappa shape index (κ3) is 2.12. The average Bonchev–Trinajstić information content (AvgIpc) is 2.16. The van der Waals surface area contributed by atoms with Crippen LogP contribution in [0.15, 0.2) is 0 Å². The molecule has 1 saturated heterocycles. The number of thioether (sulfide) groups is 1. The Morgan fingerprint density at radius 2 is 2.42 bits per heavy atom. The van der Waals surface area contributed by atoms with Crippen molar-refractivity contribution in [2.45, 2.75) is 11.3 Å². The van der Waals surface area contributed by atoms with Gasteiger partial charge < -0.3 is 16.2 Å². The first-order valence-electron chi connectivity index (χ1n) is 3.49. The molecule has 1 aliphatic heterocycles. The van der Waals surface area contributed by atoms with E-state index in [9.17, 15) is 9.59 Å². The molecule has 12 heavy (non-hydrogen) atoms. The van der Waals surface area contributed by atoms with Gasteiger partial charge >= 0.3 is 5.97 Å². The van der Waals surface area contributed by atoms with Gasteiger partial charge in [0.2, 0.25) is 5.91 Å². The van der Waals surface area contributed by atoms with Gasteiger partial charge in [-0.25, -0.2) is 0 Å². The van der Waals surface area contributed by atoms with Crippen LogP contribution in [0.1, 0.15) is 0 Å². The molecule has 1 amide bonds. The lowest BCUT2D eigenvalue weighted by atomic mass is 10.3. The Morgan fingerprint density at radius 1 is 1.75 bits per heavy atom. The molecule has 0 aromatic heterocycles. The second kappa shape index (κ2) is 3.77. The molecule has 68 valence electrons. The summed E-state index contributed by atoms with van der Waals surface area (Å²) in [5, 5.41) is 10.5. The number of nitrogens with two attached hydrogens (primary N) is 1. The van der Waals surface area contributed by atoms with Gasteiger partial charge in [-0.15, -0.1) is 11.8 Å². The molecule has 0 bridgehead atoms. The molecule has 5 nitrogen and oxygen atoms in total. The van der Waals surface area contributed by atoms with Gasteiger partial charge in [0.05, 0.1) is 6.04 Å². The molecule has 0 spiro atoms. The summed E-state index contributed by atoms with van der Waals surface area (Å²) in [4.78, 5) is 21.4. The summed E-state index contributed by atoms with van der Waals surface area (Å²) < 4.78 is 0. The van der Waals surface area contributed by atoms with Crippen molar-refractivity contribution in [3.63, 3.8) is 0 Å². The molecule has 1 rings (SSSR count). The lowest BCUT2D eigenvalue weighted by Gasteiger charge is -2.05. The Hall–Kier alpha value is -0.750. The summed E-state index contributed by atoms with van der Waals surface area (Å²) in [6, 6.07) is -0.584. The Bertz CT molecular complexity index is 209. The molecular weight excluding hydrogens is 180 g/mol. The first-order valence-corrected chi connectivity index (χ1v) is 4.54. The van der Waals surface area contributed by atoms with Crippen LogP contribution in [-0.4, -0.2) is 40.6 Å². The maximum Gasteiger partial charge on any atom is 0.318 e. The van der Waals surface area contributed by atoms with Gasteiger partial charge in [-0.2, -0.15) is 0 Å². The van der Waals surface area contributed by atoms with E-state index >= 15 is 0 Å². The van der Waals surface area contributed by atoms with Crippen LogP contribution in [0.2, 0.25) is 0 Å². The molecule has 1 heterocycles. The van der Waals surface area contributed by atoms with Crippen molar-refractivity contribution < 1.29 is 14.7 Å². The number of hydrogen-bond donors (Lipinski definition) is 3. The van der Waals surface area contributed by atoms with Crippen molar-refractivity contribution in [2.75, 3.05) is 12.3 Å². The summed E-state index contributed by atoms with van der Waals surface area (Å²) in [7, 11) is 0. The van der Waals surface area contributed by atoms with E-state index in [-0.39, 0.29) is 12.5 Å². The van der Waals surface area contributed by atoms with Gasteiger partial charge in [-0.05, 0) is 0 Å². The fourth-order valence-corrected chi connectivity index (χ4v) is 1.77. The van der Waals surface area contributed by atoms with E-state index in [4.69, 9.17) is 10.8 Å². The van der Waals surface area contributed by atoms with Crippen molar-refractivity contribution in [3.05, 3.63) is 0 Å². The molecule has 1 fully saturated rings. The monoisotopic (exact) mass is 190 g/mol. The summed E-state index contributed by atoms with van der Waals surface area (Å²) >= 11 is 1.20.